The van der Waals surface area contributed by atoms with Crippen LogP contribution in [0.4, 0.5) is 0 Å². The highest BCUT2D eigenvalue weighted by atomic mass is 16.8. The topological polar surface area (TPSA) is 66.4 Å². The van der Waals surface area contributed by atoms with E-state index < -0.39 is 42.4 Å². The highest BCUT2D eigenvalue weighted by Crippen LogP contribution is 2.41. The van der Waals surface area contributed by atoms with Crippen LogP contribution in [-0.2, 0) is 43.5 Å². The maximum absolute atomic E-state index is 11.6. The van der Waals surface area contributed by atoms with E-state index in [0.717, 1.165) is 16.7 Å². The molecule has 2 aliphatic rings. The predicted octanol–water partition coefficient (Wildman–Crippen LogP) is 4.64. The van der Waals surface area contributed by atoms with Gasteiger partial charge in [0.1, 0.15) is 36.6 Å². The maximum atomic E-state index is 11.6. The number of hydrogen-bond donors (Lipinski definition) is 1. The fourth-order valence-corrected chi connectivity index (χ4v) is 4.96. The lowest BCUT2D eigenvalue weighted by Crippen LogP contribution is -2.64. The third-order valence-corrected chi connectivity index (χ3v) is 6.66. The van der Waals surface area contributed by atoms with E-state index in [0.29, 0.717) is 19.8 Å². The third-order valence-electron chi connectivity index (χ3n) is 6.66. The number of fused-ring (bicyclic) bond motifs is 1. The highest BCUT2D eigenvalue weighted by molar-refractivity contribution is 5.16. The molecule has 1 saturated carbocycles. The normalized spacial score (nSPS) is 29.1. The van der Waals surface area contributed by atoms with Crippen LogP contribution in [0.3, 0.4) is 0 Å². The monoisotopic (exact) mass is 490 g/mol. The van der Waals surface area contributed by atoms with Gasteiger partial charge in [-0.15, -0.1) is 0 Å². The fraction of sp³-hybridized carbons (Fsp3) is 0.400. The van der Waals surface area contributed by atoms with Crippen molar-refractivity contribution in [1.29, 1.82) is 0 Å². The average Bonchev–Trinajstić information content (AvgIpc) is 3.22. The number of aliphatic hydroxyl groups excluding tert-OH is 1. The fourth-order valence-electron chi connectivity index (χ4n) is 4.96. The van der Waals surface area contributed by atoms with Crippen LogP contribution in [-0.4, -0.2) is 47.5 Å². The molecule has 1 saturated heterocycles. The van der Waals surface area contributed by atoms with Gasteiger partial charge in [-0.1, -0.05) is 91.0 Å². The Morgan fingerprint density at radius 3 is 1.39 bits per heavy atom. The minimum atomic E-state index is -0.975. The van der Waals surface area contributed by atoms with E-state index in [1.54, 1.807) is 0 Å². The Bertz CT molecular complexity index is 1070. The molecule has 1 N–H and O–H groups in total. The molecular formula is C30H34O6. The molecular weight excluding hydrogens is 456 g/mol. The molecule has 2 fully saturated rings. The number of hydrogen-bond acceptors (Lipinski definition) is 6. The molecule has 0 aromatic heterocycles. The molecule has 1 aliphatic heterocycles. The van der Waals surface area contributed by atoms with Gasteiger partial charge in [0.05, 0.1) is 19.8 Å². The van der Waals surface area contributed by atoms with Crippen LogP contribution >= 0.6 is 0 Å². The molecule has 3 aromatic carbocycles. The molecule has 0 spiro atoms. The summed E-state index contributed by atoms with van der Waals surface area (Å²) in [5.41, 5.74) is 3.06. The van der Waals surface area contributed by atoms with E-state index in [-0.39, 0.29) is 0 Å². The summed E-state index contributed by atoms with van der Waals surface area (Å²) in [5.74, 6) is -0.841. The summed E-state index contributed by atoms with van der Waals surface area (Å²) in [6.07, 6.45) is -3.81. The lowest BCUT2D eigenvalue weighted by molar-refractivity contribution is -0.238. The summed E-state index contributed by atoms with van der Waals surface area (Å²) in [6.45, 7) is 4.80. The molecule has 6 heteroatoms. The summed E-state index contributed by atoms with van der Waals surface area (Å²) in [7, 11) is 0. The van der Waals surface area contributed by atoms with Crippen molar-refractivity contribution in [3.63, 3.8) is 0 Å². The Hall–Kier alpha value is -2.58. The van der Waals surface area contributed by atoms with Gasteiger partial charge >= 0.3 is 0 Å². The second-order valence-corrected chi connectivity index (χ2v) is 9.84. The standard InChI is InChI=1S/C30H34O6/c1-30(2)35-28-26(33-19-22-14-8-4-9-15-22)24(31)25(32-18-21-12-6-3-7-13-21)27(29(28)36-30)34-20-23-16-10-5-11-17-23/h3-17,24-29,31H,18-20H2,1-2H3/t24-,25-,26+,27+,28+,29-/m0/s1. The van der Waals surface area contributed by atoms with Crippen molar-refractivity contribution in [2.75, 3.05) is 0 Å². The van der Waals surface area contributed by atoms with E-state index in [9.17, 15) is 5.11 Å². The Kier molecular flexibility index (Phi) is 7.82. The van der Waals surface area contributed by atoms with Crippen LogP contribution in [0.25, 0.3) is 0 Å². The highest BCUT2D eigenvalue weighted by Gasteiger charge is 2.59. The second kappa shape index (κ2) is 11.2. The Morgan fingerprint density at radius 2 is 0.944 bits per heavy atom. The van der Waals surface area contributed by atoms with Gasteiger partial charge in [0.15, 0.2) is 5.79 Å². The predicted molar refractivity (Wildman–Crippen MR) is 135 cm³/mol. The van der Waals surface area contributed by atoms with Crippen molar-refractivity contribution >= 4 is 0 Å². The van der Waals surface area contributed by atoms with Crippen molar-refractivity contribution < 1.29 is 28.8 Å². The lowest BCUT2D eigenvalue weighted by Gasteiger charge is -2.44. The Morgan fingerprint density at radius 1 is 0.583 bits per heavy atom. The van der Waals surface area contributed by atoms with Crippen LogP contribution in [0.5, 0.6) is 0 Å². The minimum Gasteiger partial charge on any atom is -0.387 e. The zero-order chi connectivity index (χ0) is 25.0. The number of aliphatic hydroxyl groups is 1. The van der Waals surface area contributed by atoms with Crippen LogP contribution in [0, 0.1) is 0 Å². The molecule has 0 bridgehead atoms. The van der Waals surface area contributed by atoms with Gasteiger partial charge in [-0.25, -0.2) is 0 Å². The van der Waals surface area contributed by atoms with E-state index >= 15 is 0 Å². The number of ether oxygens (including phenoxy) is 5. The first-order valence-corrected chi connectivity index (χ1v) is 12.5. The quantitative estimate of drug-likeness (QED) is 0.472. The zero-order valence-electron chi connectivity index (χ0n) is 20.7. The van der Waals surface area contributed by atoms with Gasteiger partial charge in [0.2, 0.25) is 0 Å². The van der Waals surface area contributed by atoms with Crippen molar-refractivity contribution in [2.24, 2.45) is 0 Å². The molecule has 36 heavy (non-hydrogen) atoms. The molecule has 190 valence electrons. The van der Waals surface area contributed by atoms with Crippen LogP contribution < -0.4 is 0 Å². The molecule has 5 rings (SSSR count). The third kappa shape index (κ3) is 5.86. The maximum Gasteiger partial charge on any atom is 0.164 e. The first-order valence-electron chi connectivity index (χ1n) is 12.5. The average molecular weight is 491 g/mol. The largest absolute Gasteiger partial charge is 0.387 e. The molecule has 1 aliphatic carbocycles. The van der Waals surface area contributed by atoms with Crippen molar-refractivity contribution in [1.82, 2.24) is 0 Å². The van der Waals surface area contributed by atoms with Crippen LogP contribution in [0.2, 0.25) is 0 Å². The van der Waals surface area contributed by atoms with Crippen molar-refractivity contribution in [3.8, 4) is 0 Å². The van der Waals surface area contributed by atoms with E-state index in [1.807, 2.05) is 105 Å². The second-order valence-electron chi connectivity index (χ2n) is 9.84. The van der Waals surface area contributed by atoms with Gasteiger partial charge in [-0.05, 0) is 30.5 Å². The summed E-state index contributed by atoms with van der Waals surface area (Å²) in [6, 6.07) is 29.8. The molecule has 6 atom stereocenters. The summed E-state index contributed by atoms with van der Waals surface area (Å²) in [4.78, 5) is 0. The first-order chi connectivity index (χ1) is 17.5. The first kappa shape index (κ1) is 25.1. The van der Waals surface area contributed by atoms with Gasteiger partial charge in [-0.2, -0.15) is 0 Å². The summed E-state index contributed by atoms with van der Waals surface area (Å²) < 4.78 is 31.7. The van der Waals surface area contributed by atoms with E-state index in [1.165, 1.54) is 0 Å². The lowest BCUT2D eigenvalue weighted by atomic mass is 9.84. The van der Waals surface area contributed by atoms with Gasteiger partial charge in [0, 0.05) is 0 Å². The number of rotatable bonds is 9. The molecule has 1 heterocycles. The SMILES string of the molecule is CC1(C)O[C@@H]2[C@H](O1)[C@H](OCc1ccccc1)[C@@H](O)[C@H](OCc1ccccc1)[C@H]2OCc1ccccc1. The van der Waals surface area contributed by atoms with Crippen molar-refractivity contribution in [3.05, 3.63) is 108 Å². The minimum absolute atomic E-state index is 0.334. The molecule has 3 aromatic rings. The van der Waals surface area contributed by atoms with Gasteiger partial charge < -0.3 is 28.8 Å². The Labute approximate surface area is 212 Å². The van der Waals surface area contributed by atoms with E-state index in [2.05, 4.69) is 0 Å². The van der Waals surface area contributed by atoms with E-state index in [4.69, 9.17) is 23.7 Å². The number of benzene rings is 3. The van der Waals surface area contributed by atoms with Crippen LogP contribution in [0.15, 0.2) is 91.0 Å². The Balaban J connectivity index is 1.40. The smallest absolute Gasteiger partial charge is 0.164 e. The molecule has 0 amide bonds. The summed E-state index contributed by atoms with van der Waals surface area (Å²) in [5, 5.41) is 11.6. The summed E-state index contributed by atoms with van der Waals surface area (Å²) >= 11 is 0. The van der Waals surface area contributed by atoms with Gasteiger partial charge in [-0.3, -0.25) is 0 Å². The van der Waals surface area contributed by atoms with Crippen molar-refractivity contribution in [2.45, 2.75) is 76.1 Å². The molecule has 0 unspecified atom stereocenters. The van der Waals surface area contributed by atoms with Gasteiger partial charge in [0.25, 0.3) is 0 Å². The zero-order valence-corrected chi connectivity index (χ0v) is 20.7. The molecule has 6 nitrogen and oxygen atoms in total. The van der Waals surface area contributed by atoms with Crippen LogP contribution in [0.1, 0.15) is 30.5 Å². The molecule has 0 radical (unpaired) electrons.